The van der Waals surface area contributed by atoms with E-state index in [0.717, 1.165) is 140 Å². The number of allylic oxidation sites excluding steroid dienone is 6. The van der Waals surface area contributed by atoms with Gasteiger partial charge in [-0.1, -0.05) is 140 Å². The van der Waals surface area contributed by atoms with Crippen LogP contribution >= 0.6 is 199 Å². The van der Waals surface area contributed by atoms with E-state index in [2.05, 4.69) is 123 Å². The minimum atomic E-state index is -0.757. The van der Waals surface area contributed by atoms with Crippen LogP contribution in [0.25, 0.3) is 61.7 Å². The molecular weight excluding hydrogens is 2080 g/mol. The lowest BCUT2D eigenvalue weighted by molar-refractivity contribution is -0.141. The normalized spacial score (nSPS) is 14.7. The third-order valence-electron chi connectivity index (χ3n) is 20.3. The van der Waals surface area contributed by atoms with Crippen molar-refractivity contribution < 1.29 is 38.6 Å². The summed E-state index contributed by atoms with van der Waals surface area (Å²) in [4.78, 5) is 83.9. The SMILES string of the molecule is Br.C.COC(=O)CCCBr.COC(=O)CCCSc1nc2ccccn2c1Cc1csc2ccc(Cl)cc12.Clc1ccc2scc(CBr)c2c1.O=C(O)CCCSc1nc2ccccn2c1Cc1csc2ccc(Cl)cc12.O=C1CN2C=CC=CC2=N1.O=C1N=C2C=CC=CN2C1Cc1csc2ccc(Cl)cc12.S=C1N=C2C=CC=CN2C1Cc1csc2ccc(Cl)cc12. The maximum Gasteiger partial charge on any atom is 0.305 e. The Balaban J connectivity index is 0.000000141. The van der Waals surface area contributed by atoms with E-state index in [-0.39, 0.29) is 66.7 Å². The number of carboxylic acids is 1. The number of hydrogen-bond donors (Lipinski definition) is 1. The molecule has 0 bridgehead atoms. The molecule has 129 heavy (non-hydrogen) atoms. The zero-order chi connectivity index (χ0) is 89.0. The summed E-state index contributed by atoms with van der Waals surface area (Å²) < 4.78 is 19.6. The summed E-state index contributed by atoms with van der Waals surface area (Å²) in [5.41, 5.74) is 10.4. The standard InChI is InChI=1S/C21H19ClN2O2S2.C20H17ClN2O2S2.C16H11ClN2OS.C16H11ClN2S2.C9H6BrClS.C7H6N2O.C5H9BrO2.CH4.BrH/c1-26-20(25)6-4-10-27-21-17(24-9-3-2-5-19(24)23-21)11-14-13-28-18-8-7-15(22)12-16(14)18;21-14-6-7-17-15(11-14)13(12-27-17)10-16-20(26-9-3-5-19(24)25)22-18-4-1-2-8-23(16)18;2*17-11-4-5-14-12(8-11)10(9-21-14)7-13-16(20)18-15-3-1-2-6-19(13)15;10-4-6-5-12-9-2-1-7(11)3-8(6)9;10-7-5-9-4-2-1-3-6(9)8-7;1-8-5(7)3-2-4-6;;/h2-3,5,7-9,12-13H,4,6,10-11H2,1H3;1-2,4,6-8,11-12H,3,5,9-10H2,(H,24,25);2*1-6,8-9,13H,7H2;1-3,5H,4H2;1-4H,5H2;2-4H2,1H3;1H4;1H. The second-order valence-electron chi connectivity index (χ2n) is 28.8. The highest BCUT2D eigenvalue weighted by molar-refractivity contribution is 9.09. The van der Waals surface area contributed by atoms with Gasteiger partial charge in [-0.25, -0.2) is 15.0 Å². The van der Waals surface area contributed by atoms with Gasteiger partial charge in [0.25, 0.3) is 11.8 Å². The third-order valence-corrected chi connectivity index (χ3v) is 30.3. The summed E-state index contributed by atoms with van der Waals surface area (Å²) in [5.74, 6) is 2.77. The Bertz CT molecular complexity index is 6600. The maximum atomic E-state index is 12.2. The van der Waals surface area contributed by atoms with Crippen molar-refractivity contribution in [3.8, 4) is 0 Å². The zero-order valence-corrected chi connectivity index (χ0v) is 83.6. The van der Waals surface area contributed by atoms with Gasteiger partial charge in [0.15, 0.2) is 0 Å². The quantitative estimate of drug-likeness (QED) is 0.0220. The number of alkyl halides is 2. The number of ether oxygens (including phenoxy) is 2. The molecule has 15 heterocycles. The number of fused-ring (bicyclic) bond motifs is 10. The number of thiocarbonyl (C=S) groups is 1. The number of esters is 2. The van der Waals surface area contributed by atoms with Crippen LogP contribution in [0.15, 0.2) is 265 Å². The molecule has 34 heteroatoms. The highest BCUT2D eigenvalue weighted by Gasteiger charge is 2.35. The number of nitrogens with zero attached hydrogens (tertiary/aromatic N) is 10. The van der Waals surface area contributed by atoms with Crippen molar-refractivity contribution in [1.82, 2.24) is 33.5 Å². The van der Waals surface area contributed by atoms with Crippen LogP contribution in [-0.2, 0) is 64.5 Å². The first-order valence-corrected chi connectivity index (χ1v) is 50.8. The second-order valence-corrected chi connectivity index (χ2v) is 39.5. The van der Waals surface area contributed by atoms with Gasteiger partial charge >= 0.3 is 17.9 Å². The Hall–Kier alpha value is -8.44. The molecule has 0 saturated carbocycles. The van der Waals surface area contributed by atoms with Crippen LogP contribution in [0.4, 0.5) is 0 Å². The summed E-state index contributed by atoms with van der Waals surface area (Å²) in [6.07, 6.45) is 33.6. The van der Waals surface area contributed by atoms with E-state index in [1.165, 1.54) is 87.2 Å². The molecule has 0 aliphatic carbocycles. The number of amides is 2. The lowest BCUT2D eigenvalue weighted by Gasteiger charge is -2.24. The molecule has 6 aliphatic rings. The molecule has 14 aromatic rings. The maximum absolute atomic E-state index is 12.2. The first-order chi connectivity index (χ1) is 61.7. The minimum absolute atomic E-state index is 0. The van der Waals surface area contributed by atoms with E-state index in [9.17, 15) is 24.0 Å². The molecule has 0 radical (unpaired) electrons. The average molecular weight is 2170 g/mol. The number of halogens is 8. The number of aliphatic imine (C=N–C) groups is 3. The molecule has 2 unspecified atom stereocenters. The molecule has 2 amide bonds. The molecule has 9 aromatic heterocycles. The summed E-state index contributed by atoms with van der Waals surface area (Å²) in [5, 5.41) is 33.2. The van der Waals surface area contributed by atoms with E-state index in [1.54, 1.807) is 80.2 Å². The van der Waals surface area contributed by atoms with Crippen molar-refractivity contribution in [2.75, 3.05) is 37.6 Å². The molecule has 18 nitrogen and oxygen atoms in total. The van der Waals surface area contributed by atoms with Gasteiger partial charge in [-0.05, 0) is 253 Å². The topological polar surface area (TPSA) is 205 Å². The van der Waals surface area contributed by atoms with E-state index in [1.807, 2.05) is 192 Å². The van der Waals surface area contributed by atoms with Crippen molar-refractivity contribution >= 4 is 313 Å². The number of imidazole rings is 2. The molecule has 20 rings (SSSR count). The number of amidine groups is 3. The van der Waals surface area contributed by atoms with Gasteiger partial charge in [-0.15, -0.1) is 97.2 Å². The number of benzene rings is 5. The number of carboxylic acid groups (broad SMARTS) is 1. The molecule has 0 fully saturated rings. The number of pyridine rings is 2. The van der Waals surface area contributed by atoms with Crippen LogP contribution in [0.2, 0.25) is 25.1 Å². The van der Waals surface area contributed by atoms with Crippen molar-refractivity contribution in [2.45, 2.75) is 99.1 Å². The van der Waals surface area contributed by atoms with Gasteiger partial charge in [-0.2, -0.15) is 9.98 Å². The fourth-order valence-electron chi connectivity index (χ4n) is 14.1. The number of carbonyl (C=O) groups excluding carboxylic acids is 4. The number of thiophene rings is 5. The molecule has 5 aromatic carbocycles. The van der Waals surface area contributed by atoms with E-state index in [0.29, 0.717) is 32.2 Å². The van der Waals surface area contributed by atoms with E-state index < -0.39 is 5.97 Å². The zero-order valence-electron chi connectivity index (χ0n) is 68.5. The molecule has 666 valence electrons. The Morgan fingerprint density at radius 3 is 1.33 bits per heavy atom. The van der Waals surface area contributed by atoms with Crippen molar-refractivity contribution in [2.24, 2.45) is 15.0 Å². The fourth-order valence-corrected chi connectivity index (χ4v) is 22.9. The van der Waals surface area contributed by atoms with Gasteiger partial charge in [0, 0.05) is 147 Å². The third kappa shape index (κ3) is 25.9. The second kappa shape index (κ2) is 48.3. The van der Waals surface area contributed by atoms with Gasteiger partial charge < -0.3 is 38.1 Å². The molecule has 1 N–H and O–H groups in total. The Morgan fingerprint density at radius 1 is 0.496 bits per heavy atom. The number of rotatable bonds is 22. The van der Waals surface area contributed by atoms with Gasteiger partial charge in [0.2, 0.25) is 0 Å². The Morgan fingerprint density at radius 2 is 0.891 bits per heavy atom. The summed E-state index contributed by atoms with van der Waals surface area (Å²) >= 11 is 54.6. The predicted molar refractivity (Wildman–Crippen MR) is 560 cm³/mol. The van der Waals surface area contributed by atoms with Crippen molar-refractivity contribution in [3.63, 3.8) is 0 Å². The number of carbonyl (C=O) groups is 5. The lowest BCUT2D eigenvalue weighted by atomic mass is 10.0. The van der Waals surface area contributed by atoms with Gasteiger partial charge in [-0.3, -0.25) is 24.0 Å². The largest absolute Gasteiger partial charge is 0.481 e. The molecule has 0 spiro atoms. The fraction of sp³-hybridized carbons (Fsp3) is 0.211. The Labute approximate surface area is 832 Å². The molecule has 2 atom stereocenters. The Kier molecular flexibility index (Phi) is 37.3. The summed E-state index contributed by atoms with van der Waals surface area (Å²) in [6, 6.07) is 41.8. The molecular formula is C95H84Br3Cl5N10O8S8. The van der Waals surface area contributed by atoms with E-state index >= 15 is 0 Å². The monoisotopic (exact) mass is 2160 g/mol. The number of hydrogen-bond acceptors (Lipinski definition) is 20. The van der Waals surface area contributed by atoms with Crippen LogP contribution in [0.5, 0.6) is 0 Å². The highest BCUT2D eigenvalue weighted by atomic mass is 79.9. The van der Waals surface area contributed by atoms with Gasteiger partial charge in [0.1, 0.15) is 56.4 Å². The number of thioether (sulfide) groups is 2. The van der Waals surface area contributed by atoms with Crippen LogP contribution in [0, 0.1) is 0 Å². The van der Waals surface area contributed by atoms with Crippen LogP contribution in [0.1, 0.15) is 85.2 Å². The van der Waals surface area contributed by atoms with E-state index in [4.69, 9.17) is 90.0 Å². The van der Waals surface area contributed by atoms with Crippen LogP contribution in [-0.4, -0.2) is 140 Å². The predicted octanol–water partition coefficient (Wildman–Crippen LogP) is 27.3. The summed E-state index contributed by atoms with van der Waals surface area (Å²) in [6.45, 7) is 0.399. The van der Waals surface area contributed by atoms with Gasteiger partial charge in [0.05, 0.1) is 31.6 Å². The molecule has 6 aliphatic heterocycles. The first kappa shape index (κ1) is 99.6. The number of aromatic nitrogens is 4. The smallest absolute Gasteiger partial charge is 0.305 e. The molecule has 0 saturated heterocycles. The minimum Gasteiger partial charge on any atom is -0.481 e. The van der Waals surface area contributed by atoms with Crippen molar-refractivity contribution in [3.05, 3.63) is 304 Å². The highest BCUT2D eigenvalue weighted by Crippen LogP contribution is 2.39. The first-order valence-electron chi connectivity index (χ1n) is 39.9. The van der Waals surface area contributed by atoms with Crippen molar-refractivity contribution in [1.29, 1.82) is 0 Å². The lowest BCUT2D eigenvalue weighted by Crippen LogP contribution is -2.35. The van der Waals surface area contributed by atoms with Crippen LogP contribution in [0.3, 0.4) is 0 Å². The number of methoxy groups -OCH3 is 2. The summed E-state index contributed by atoms with van der Waals surface area (Å²) in [7, 11) is 2.82. The van der Waals surface area contributed by atoms with Crippen LogP contribution < -0.4 is 0 Å². The number of aliphatic carboxylic acids is 1. The average Bonchev–Trinajstić information content (AvgIpc) is 1.65.